The van der Waals surface area contributed by atoms with Crippen molar-refractivity contribution in [2.24, 2.45) is 17.6 Å². The molecule has 4 heteroatoms. The molecule has 1 atom stereocenters. The van der Waals surface area contributed by atoms with Gasteiger partial charge in [-0.3, -0.25) is 0 Å². The molecule has 22 heavy (non-hydrogen) atoms. The summed E-state index contributed by atoms with van der Waals surface area (Å²) in [4.78, 5) is 11.2. The summed E-state index contributed by atoms with van der Waals surface area (Å²) < 4.78 is 5.32. The zero-order valence-electron chi connectivity index (χ0n) is 13.5. The summed E-state index contributed by atoms with van der Waals surface area (Å²) in [7, 11) is 0. The summed E-state index contributed by atoms with van der Waals surface area (Å²) in [6, 6.07) is 9.77. The maximum Gasteiger partial charge on any atom is 0.405 e. The van der Waals surface area contributed by atoms with Crippen LogP contribution < -0.4 is 5.73 Å². The molecule has 1 aromatic rings. The Balaban J connectivity index is 1.96. The van der Waals surface area contributed by atoms with E-state index in [-0.39, 0.29) is 6.10 Å². The molecule has 122 valence electrons. The first kappa shape index (κ1) is 16.8. The SMILES string of the molecule is CC(C)(O)[C@H]1CC[C@H](CC(OC(N)=O)c2ccccc2)CC1. The zero-order valence-corrected chi connectivity index (χ0v) is 13.5. The molecule has 1 amide bonds. The number of hydrogen-bond donors (Lipinski definition) is 2. The van der Waals surface area contributed by atoms with Gasteiger partial charge in [0.05, 0.1) is 5.60 Å². The van der Waals surface area contributed by atoms with Crippen LogP contribution in [0.2, 0.25) is 0 Å². The largest absolute Gasteiger partial charge is 0.442 e. The lowest BCUT2D eigenvalue weighted by Crippen LogP contribution is -2.34. The van der Waals surface area contributed by atoms with Crippen molar-refractivity contribution in [3.8, 4) is 0 Å². The third kappa shape index (κ3) is 4.73. The second-order valence-corrected chi connectivity index (χ2v) is 6.94. The fraction of sp³-hybridized carbons (Fsp3) is 0.611. The van der Waals surface area contributed by atoms with Crippen molar-refractivity contribution in [1.29, 1.82) is 0 Å². The third-order valence-electron chi connectivity index (χ3n) is 4.82. The number of carbonyl (C=O) groups is 1. The molecule has 0 saturated heterocycles. The molecule has 1 aromatic carbocycles. The van der Waals surface area contributed by atoms with Gasteiger partial charge in [0.15, 0.2) is 0 Å². The summed E-state index contributed by atoms with van der Waals surface area (Å²) >= 11 is 0. The maximum absolute atomic E-state index is 11.2. The number of nitrogens with two attached hydrogens (primary N) is 1. The Bertz CT molecular complexity index is 473. The molecular formula is C18H27NO3. The summed E-state index contributed by atoms with van der Waals surface area (Å²) in [5.74, 6) is 0.860. The van der Waals surface area contributed by atoms with E-state index in [2.05, 4.69) is 0 Å². The quantitative estimate of drug-likeness (QED) is 0.869. The minimum Gasteiger partial charge on any atom is -0.442 e. The standard InChI is InChI=1S/C18H27NO3/c1-18(2,21)15-10-8-13(9-11-15)12-16(22-17(19)20)14-6-4-3-5-7-14/h3-7,13,15-16,21H,8-12H2,1-2H3,(H2,19,20)/t13-,15-,16?. The first-order valence-corrected chi connectivity index (χ1v) is 8.09. The smallest absolute Gasteiger partial charge is 0.405 e. The first-order valence-electron chi connectivity index (χ1n) is 8.09. The molecule has 1 aliphatic carbocycles. The van der Waals surface area contributed by atoms with Crippen molar-refractivity contribution in [2.45, 2.75) is 57.7 Å². The van der Waals surface area contributed by atoms with Crippen molar-refractivity contribution >= 4 is 6.09 Å². The van der Waals surface area contributed by atoms with Gasteiger partial charge in [-0.05, 0) is 63.4 Å². The molecule has 1 aliphatic rings. The van der Waals surface area contributed by atoms with Gasteiger partial charge in [-0.2, -0.15) is 0 Å². The highest BCUT2D eigenvalue weighted by atomic mass is 16.6. The van der Waals surface area contributed by atoms with E-state index in [1.165, 1.54) is 0 Å². The maximum atomic E-state index is 11.2. The Morgan fingerprint density at radius 2 is 1.86 bits per heavy atom. The normalized spacial score (nSPS) is 23.8. The third-order valence-corrected chi connectivity index (χ3v) is 4.82. The van der Waals surface area contributed by atoms with Gasteiger partial charge in [-0.15, -0.1) is 0 Å². The Morgan fingerprint density at radius 3 is 2.36 bits per heavy atom. The lowest BCUT2D eigenvalue weighted by molar-refractivity contribution is -0.0101. The summed E-state index contributed by atoms with van der Waals surface area (Å²) in [5, 5.41) is 10.1. The molecule has 2 rings (SSSR count). The van der Waals surface area contributed by atoms with Crippen molar-refractivity contribution in [1.82, 2.24) is 0 Å². The average molecular weight is 305 g/mol. The number of primary amides is 1. The van der Waals surface area contributed by atoms with Crippen molar-refractivity contribution < 1.29 is 14.6 Å². The Hall–Kier alpha value is -1.55. The molecule has 4 nitrogen and oxygen atoms in total. The first-order chi connectivity index (χ1) is 10.4. The van der Waals surface area contributed by atoms with Gasteiger partial charge < -0.3 is 15.6 Å². The van der Waals surface area contributed by atoms with Gasteiger partial charge in [0, 0.05) is 0 Å². The van der Waals surface area contributed by atoms with E-state index in [1.54, 1.807) is 0 Å². The molecule has 0 heterocycles. The Morgan fingerprint density at radius 1 is 1.27 bits per heavy atom. The van der Waals surface area contributed by atoms with E-state index >= 15 is 0 Å². The lowest BCUT2D eigenvalue weighted by Gasteiger charge is -2.36. The molecule has 0 bridgehead atoms. The molecule has 0 aliphatic heterocycles. The molecule has 0 spiro atoms. The van der Waals surface area contributed by atoms with Gasteiger partial charge >= 0.3 is 6.09 Å². The van der Waals surface area contributed by atoms with Crippen LogP contribution >= 0.6 is 0 Å². The number of carbonyl (C=O) groups excluding carboxylic acids is 1. The van der Waals surface area contributed by atoms with Crippen LogP contribution in [0.5, 0.6) is 0 Å². The predicted octanol–water partition coefficient (Wildman–Crippen LogP) is 3.79. The summed E-state index contributed by atoms with van der Waals surface area (Å²) in [6.45, 7) is 3.78. The summed E-state index contributed by atoms with van der Waals surface area (Å²) in [6.07, 6.45) is 3.95. The van der Waals surface area contributed by atoms with Crippen LogP contribution in [0, 0.1) is 11.8 Å². The molecule has 1 saturated carbocycles. The van der Waals surface area contributed by atoms with Crippen LogP contribution in [0.1, 0.15) is 57.6 Å². The highest BCUT2D eigenvalue weighted by Gasteiger charge is 2.32. The Kier molecular flexibility index (Phi) is 5.46. The fourth-order valence-corrected chi connectivity index (χ4v) is 3.47. The van der Waals surface area contributed by atoms with Crippen LogP contribution in [0.25, 0.3) is 0 Å². The average Bonchev–Trinajstić information content (AvgIpc) is 2.47. The van der Waals surface area contributed by atoms with Gasteiger partial charge in [0.2, 0.25) is 0 Å². The van der Waals surface area contributed by atoms with E-state index in [0.29, 0.717) is 11.8 Å². The minimum atomic E-state index is -0.723. The van der Waals surface area contributed by atoms with E-state index < -0.39 is 11.7 Å². The van der Waals surface area contributed by atoms with Gasteiger partial charge in [-0.25, -0.2) is 4.79 Å². The molecule has 0 radical (unpaired) electrons. The fourth-order valence-electron chi connectivity index (χ4n) is 3.47. The number of amides is 1. The highest BCUT2D eigenvalue weighted by Crippen LogP contribution is 2.39. The minimum absolute atomic E-state index is 0.276. The molecule has 1 unspecified atom stereocenters. The van der Waals surface area contributed by atoms with Crippen molar-refractivity contribution in [3.63, 3.8) is 0 Å². The number of rotatable bonds is 5. The van der Waals surface area contributed by atoms with Gasteiger partial charge in [-0.1, -0.05) is 30.3 Å². The predicted molar refractivity (Wildman–Crippen MR) is 86.2 cm³/mol. The van der Waals surface area contributed by atoms with E-state index in [1.807, 2.05) is 44.2 Å². The highest BCUT2D eigenvalue weighted by molar-refractivity contribution is 5.65. The zero-order chi connectivity index (χ0) is 16.2. The molecule has 3 N–H and O–H groups in total. The molecule has 0 aromatic heterocycles. The van der Waals surface area contributed by atoms with Crippen LogP contribution in [0.4, 0.5) is 4.79 Å². The molecule has 1 fully saturated rings. The van der Waals surface area contributed by atoms with Crippen LogP contribution in [0.3, 0.4) is 0 Å². The lowest BCUT2D eigenvalue weighted by atomic mass is 9.73. The van der Waals surface area contributed by atoms with Gasteiger partial charge in [0.1, 0.15) is 6.10 Å². The van der Waals surface area contributed by atoms with Crippen LogP contribution in [-0.4, -0.2) is 16.8 Å². The Labute approximate surface area is 132 Å². The van der Waals surface area contributed by atoms with E-state index in [0.717, 1.165) is 37.7 Å². The number of hydrogen-bond acceptors (Lipinski definition) is 3. The van der Waals surface area contributed by atoms with Crippen molar-refractivity contribution in [2.75, 3.05) is 0 Å². The second-order valence-electron chi connectivity index (χ2n) is 6.94. The number of aliphatic hydroxyl groups is 1. The van der Waals surface area contributed by atoms with E-state index in [4.69, 9.17) is 10.5 Å². The van der Waals surface area contributed by atoms with Crippen LogP contribution in [-0.2, 0) is 4.74 Å². The topological polar surface area (TPSA) is 72.6 Å². The number of ether oxygens (including phenoxy) is 1. The van der Waals surface area contributed by atoms with E-state index in [9.17, 15) is 9.90 Å². The second kappa shape index (κ2) is 7.14. The number of benzene rings is 1. The monoisotopic (exact) mass is 305 g/mol. The van der Waals surface area contributed by atoms with Gasteiger partial charge in [0.25, 0.3) is 0 Å². The van der Waals surface area contributed by atoms with Crippen LogP contribution in [0.15, 0.2) is 30.3 Å². The molecular weight excluding hydrogens is 278 g/mol. The van der Waals surface area contributed by atoms with Crippen molar-refractivity contribution in [3.05, 3.63) is 35.9 Å². The summed E-state index contributed by atoms with van der Waals surface area (Å²) in [5.41, 5.74) is 5.61.